The summed E-state index contributed by atoms with van der Waals surface area (Å²) in [5, 5.41) is 0. The minimum atomic E-state index is 1.24. The van der Waals surface area contributed by atoms with E-state index in [1.54, 1.807) is 0 Å². The van der Waals surface area contributed by atoms with Crippen LogP contribution >= 0.6 is 0 Å². The summed E-state index contributed by atoms with van der Waals surface area (Å²) in [5.74, 6) is 0. The Balaban J connectivity index is 3.07. The van der Waals surface area contributed by atoms with E-state index in [1.807, 2.05) is 0 Å². The Morgan fingerprint density at radius 2 is 0.477 bits per heavy atom. The van der Waals surface area contributed by atoms with Crippen molar-refractivity contribution >= 4 is 0 Å². The number of hydrogen-bond donors (Lipinski definition) is 0. The number of hydrogen-bond acceptors (Lipinski definition) is 0. The third kappa shape index (κ3) is 41.2. The average molecular weight is 613 g/mol. The van der Waals surface area contributed by atoms with Gasteiger partial charge in [-0.15, -0.1) is 0 Å². The molecule has 44 heavy (non-hydrogen) atoms. The van der Waals surface area contributed by atoms with Gasteiger partial charge in [-0.05, 0) is 19.8 Å². The third-order valence-electron chi connectivity index (χ3n) is 9.64. The molecule has 0 bridgehead atoms. The van der Waals surface area contributed by atoms with Gasteiger partial charge in [0, 0.05) is 0 Å². The molecule has 0 N–H and O–H groups in total. The van der Waals surface area contributed by atoms with Crippen LogP contribution in [0.15, 0.2) is 36.5 Å². The Morgan fingerprint density at radius 1 is 0.250 bits per heavy atom. The fourth-order valence-electron chi connectivity index (χ4n) is 6.58. The van der Waals surface area contributed by atoms with E-state index in [1.165, 1.54) is 231 Å². The van der Waals surface area contributed by atoms with Gasteiger partial charge in [-0.3, -0.25) is 0 Å². The second kappa shape index (κ2) is 42.2. The van der Waals surface area contributed by atoms with E-state index in [0.29, 0.717) is 0 Å². The molecule has 0 nitrogen and oxygen atoms in total. The van der Waals surface area contributed by atoms with Crippen molar-refractivity contribution in [3.63, 3.8) is 0 Å². The molecule has 0 fully saturated rings. The molecule has 0 saturated heterocycles. The molecule has 0 saturated carbocycles. The van der Waals surface area contributed by atoms with Crippen LogP contribution in [0.4, 0.5) is 0 Å². The average Bonchev–Trinajstić information content (AvgIpc) is 3.04. The molecule has 0 spiro atoms. The molecule has 0 aromatic carbocycles. The Kier molecular flexibility index (Phi) is 41.5. The summed E-state index contributed by atoms with van der Waals surface area (Å²) >= 11 is 0. The zero-order valence-corrected chi connectivity index (χ0v) is 30.9. The monoisotopic (exact) mass is 613 g/mol. The smallest absolute Gasteiger partial charge is 0.0348 e. The lowest BCUT2D eigenvalue weighted by Crippen LogP contribution is -1.85. The van der Waals surface area contributed by atoms with Gasteiger partial charge in [0.05, 0.1) is 0 Å². The summed E-state index contributed by atoms with van der Waals surface area (Å²) < 4.78 is 0. The van der Waals surface area contributed by atoms with Crippen LogP contribution in [0.25, 0.3) is 0 Å². The highest BCUT2D eigenvalue weighted by Crippen LogP contribution is 2.17. The van der Waals surface area contributed by atoms with Crippen LogP contribution < -0.4 is 0 Å². The second-order valence-corrected chi connectivity index (χ2v) is 14.1. The first-order chi connectivity index (χ1) is 21.9. The molecule has 0 aromatic rings. The maximum absolute atomic E-state index is 2.31. The minimum absolute atomic E-state index is 1.24. The molecule has 0 aliphatic rings. The summed E-state index contributed by atoms with van der Waals surface area (Å²) in [4.78, 5) is 0. The standard InChI is InChI=1S/C44H84/c1-3-5-7-9-11-13-15-17-19-21-23-25-27-29-31-33-35-37-39-41-43-44-42-40-38-36-34-32-30-28-26-24-22-20-18-16-14-12-10-8-6-4-2/h3,5,7,9,11,13H,4,6,8,10,12,14-44H2,1-2H3. The van der Waals surface area contributed by atoms with Gasteiger partial charge in [-0.1, -0.05) is 262 Å². The minimum Gasteiger partial charge on any atom is -0.0877 e. The van der Waals surface area contributed by atoms with Crippen molar-refractivity contribution in [2.45, 2.75) is 245 Å². The van der Waals surface area contributed by atoms with Crippen LogP contribution in [0.5, 0.6) is 0 Å². The highest BCUT2D eigenvalue weighted by atomic mass is 14.0. The van der Waals surface area contributed by atoms with Crippen molar-refractivity contribution in [1.29, 1.82) is 0 Å². The van der Waals surface area contributed by atoms with E-state index in [-0.39, 0.29) is 0 Å². The molecule has 0 aliphatic heterocycles. The summed E-state index contributed by atoms with van der Waals surface area (Å²) in [6, 6.07) is 0. The fraction of sp³-hybridized carbons (Fsp3) is 0.864. The maximum atomic E-state index is 2.31. The summed E-state index contributed by atoms with van der Waals surface area (Å²) in [6.07, 6.45) is 65.6. The van der Waals surface area contributed by atoms with Gasteiger partial charge < -0.3 is 0 Å². The first-order valence-corrected chi connectivity index (χ1v) is 20.9. The highest BCUT2D eigenvalue weighted by Gasteiger charge is 1.97. The van der Waals surface area contributed by atoms with Crippen LogP contribution in [0.1, 0.15) is 245 Å². The molecule has 0 atom stereocenters. The van der Waals surface area contributed by atoms with Gasteiger partial charge in [-0.2, -0.15) is 0 Å². The van der Waals surface area contributed by atoms with Crippen LogP contribution in [0.3, 0.4) is 0 Å². The van der Waals surface area contributed by atoms with Crippen LogP contribution in [-0.4, -0.2) is 0 Å². The predicted octanol–water partition coefficient (Wildman–Crippen LogP) is 16.7. The van der Waals surface area contributed by atoms with E-state index >= 15 is 0 Å². The van der Waals surface area contributed by atoms with Gasteiger partial charge >= 0.3 is 0 Å². The van der Waals surface area contributed by atoms with E-state index in [9.17, 15) is 0 Å². The lowest BCUT2D eigenvalue weighted by atomic mass is 10.0. The third-order valence-corrected chi connectivity index (χ3v) is 9.64. The molecule has 260 valence electrons. The van der Waals surface area contributed by atoms with Crippen molar-refractivity contribution in [3.8, 4) is 0 Å². The van der Waals surface area contributed by atoms with Crippen molar-refractivity contribution in [1.82, 2.24) is 0 Å². The van der Waals surface area contributed by atoms with Gasteiger partial charge in [0.25, 0.3) is 0 Å². The normalized spacial score (nSPS) is 12.1. The van der Waals surface area contributed by atoms with Crippen LogP contribution in [0, 0.1) is 0 Å². The molecule has 0 heterocycles. The zero-order chi connectivity index (χ0) is 31.7. The molecule has 0 unspecified atom stereocenters. The van der Waals surface area contributed by atoms with Gasteiger partial charge in [0.2, 0.25) is 0 Å². The number of unbranched alkanes of at least 4 members (excludes halogenated alkanes) is 35. The topological polar surface area (TPSA) is 0 Å². The maximum Gasteiger partial charge on any atom is -0.0348 e. The Bertz CT molecular complexity index is 567. The number of allylic oxidation sites excluding steroid dienone is 6. The Labute approximate surface area is 280 Å². The summed E-state index contributed by atoms with van der Waals surface area (Å²) in [6.45, 7) is 4.36. The predicted molar refractivity (Wildman–Crippen MR) is 205 cm³/mol. The quantitative estimate of drug-likeness (QED) is 0.0480. The first-order valence-electron chi connectivity index (χ1n) is 20.9. The SMILES string of the molecule is CC=CC=CC=CCCCCCCCCCCCCCCCCCCCCCCCCCCCCCCCCCCCCC. The molecule has 0 aliphatic carbocycles. The first kappa shape index (κ1) is 43.2. The summed E-state index contributed by atoms with van der Waals surface area (Å²) in [7, 11) is 0. The van der Waals surface area contributed by atoms with Crippen LogP contribution in [0.2, 0.25) is 0 Å². The van der Waals surface area contributed by atoms with E-state index in [0.717, 1.165) is 0 Å². The fourth-order valence-corrected chi connectivity index (χ4v) is 6.58. The Hall–Kier alpha value is -0.780. The Morgan fingerprint density at radius 3 is 0.727 bits per heavy atom. The van der Waals surface area contributed by atoms with Gasteiger partial charge in [-0.25, -0.2) is 0 Å². The summed E-state index contributed by atoms with van der Waals surface area (Å²) in [5.41, 5.74) is 0. The second-order valence-electron chi connectivity index (χ2n) is 14.1. The van der Waals surface area contributed by atoms with E-state index in [4.69, 9.17) is 0 Å². The molecular weight excluding hydrogens is 528 g/mol. The van der Waals surface area contributed by atoms with Crippen molar-refractivity contribution < 1.29 is 0 Å². The molecule has 0 heteroatoms. The molecular formula is C44H84. The highest BCUT2D eigenvalue weighted by molar-refractivity contribution is 5.10. The lowest BCUT2D eigenvalue weighted by molar-refractivity contribution is 0.511. The van der Waals surface area contributed by atoms with Gasteiger partial charge in [0.15, 0.2) is 0 Å². The van der Waals surface area contributed by atoms with E-state index < -0.39 is 0 Å². The van der Waals surface area contributed by atoms with Crippen molar-refractivity contribution in [2.75, 3.05) is 0 Å². The molecule has 0 rings (SSSR count). The van der Waals surface area contributed by atoms with E-state index in [2.05, 4.69) is 50.3 Å². The van der Waals surface area contributed by atoms with Gasteiger partial charge in [0.1, 0.15) is 0 Å². The van der Waals surface area contributed by atoms with Crippen LogP contribution in [-0.2, 0) is 0 Å². The van der Waals surface area contributed by atoms with Crippen molar-refractivity contribution in [3.05, 3.63) is 36.5 Å². The lowest BCUT2D eigenvalue weighted by Gasteiger charge is -2.05. The van der Waals surface area contributed by atoms with Crippen molar-refractivity contribution in [2.24, 2.45) is 0 Å². The largest absolute Gasteiger partial charge is 0.0877 e. The molecule has 0 amide bonds. The molecule has 0 radical (unpaired) electrons. The number of rotatable bonds is 38. The molecule has 0 aromatic heterocycles. The zero-order valence-electron chi connectivity index (χ0n) is 30.9.